The summed E-state index contributed by atoms with van der Waals surface area (Å²) in [6, 6.07) is 13.9. The zero-order chi connectivity index (χ0) is 24.3. The van der Waals surface area contributed by atoms with Crippen LogP contribution in [-0.2, 0) is 19.1 Å². The van der Waals surface area contributed by atoms with Crippen LogP contribution in [0.4, 0.5) is 5.69 Å². The molecule has 0 spiro atoms. The normalized spacial score (nSPS) is 15.8. The summed E-state index contributed by atoms with van der Waals surface area (Å²) in [7, 11) is 3.82. The molecule has 10 heteroatoms. The number of esters is 2. The highest BCUT2D eigenvalue weighted by molar-refractivity contribution is 9.10. The first kappa shape index (κ1) is 24.2. The van der Waals surface area contributed by atoms with Crippen molar-refractivity contribution in [2.75, 3.05) is 26.2 Å². The molecule has 3 rings (SSSR count). The van der Waals surface area contributed by atoms with Crippen LogP contribution in [0, 0.1) is 11.3 Å². The minimum atomic E-state index is -0.953. The van der Waals surface area contributed by atoms with Crippen LogP contribution in [0.2, 0.25) is 5.02 Å². The molecule has 1 atom stereocenters. The Hall–Kier alpha value is -3.48. The maximum absolute atomic E-state index is 13.0. The molecule has 1 aliphatic heterocycles. The second-order valence-corrected chi connectivity index (χ2v) is 8.04. The van der Waals surface area contributed by atoms with Crippen LogP contribution in [0.3, 0.4) is 0 Å². The Bertz CT molecular complexity index is 1200. The Morgan fingerprint density at radius 2 is 1.76 bits per heavy atom. The molecule has 0 bridgehead atoms. The van der Waals surface area contributed by atoms with E-state index in [2.05, 4.69) is 22.0 Å². The first-order valence-electron chi connectivity index (χ1n) is 9.49. The van der Waals surface area contributed by atoms with Crippen molar-refractivity contribution in [3.05, 3.63) is 80.2 Å². The van der Waals surface area contributed by atoms with E-state index in [0.29, 0.717) is 21.5 Å². The van der Waals surface area contributed by atoms with Gasteiger partial charge in [0, 0.05) is 0 Å². The number of hydrogen-bond acceptors (Lipinski definition) is 8. The van der Waals surface area contributed by atoms with E-state index in [9.17, 15) is 14.9 Å². The Labute approximate surface area is 203 Å². The van der Waals surface area contributed by atoms with Crippen molar-refractivity contribution in [2.24, 2.45) is 5.73 Å². The summed E-state index contributed by atoms with van der Waals surface area (Å²) in [5.74, 6) is -2.31. The summed E-state index contributed by atoms with van der Waals surface area (Å²) >= 11 is 9.73. The minimum Gasteiger partial charge on any atom is -0.494 e. The topological polar surface area (TPSA) is 115 Å². The second-order valence-electron chi connectivity index (χ2n) is 6.78. The first-order chi connectivity index (χ1) is 15.8. The van der Waals surface area contributed by atoms with Gasteiger partial charge >= 0.3 is 11.9 Å². The monoisotopic (exact) mass is 531 g/mol. The average Bonchev–Trinajstić information content (AvgIpc) is 2.82. The number of halogens is 2. The van der Waals surface area contributed by atoms with E-state index < -0.39 is 17.9 Å². The number of methoxy groups -OCH3 is 3. The van der Waals surface area contributed by atoms with E-state index in [0.717, 1.165) is 0 Å². The van der Waals surface area contributed by atoms with Gasteiger partial charge in [-0.2, -0.15) is 5.26 Å². The number of nitrogens with zero attached hydrogens (tertiary/aromatic N) is 2. The largest absolute Gasteiger partial charge is 0.494 e. The predicted octanol–water partition coefficient (Wildman–Crippen LogP) is 4.01. The van der Waals surface area contributed by atoms with Crippen molar-refractivity contribution in [3.8, 4) is 11.8 Å². The number of hydrogen-bond donors (Lipinski definition) is 1. The Kier molecular flexibility index (Phi) is 7.31. The molecule has 2 N–H and O–H groups in total. The van der Waals surface area contributed by atoms with Gasteiger partial charge in [-0.15, -0.1) is 0 Å². The summed E-state index contributed by atoms with van der Waals surface area (Å²) in [5.41, 5.74) is 7.09. The molecule has 0 radical (unpaired) electrons. The summed E-state index contributed by atoms with van der Waals surface area (Å²) in [6.45, 7) is 0. The molecule has 0 saturated heterocycles. The fraction of sp³-hybridized carbons (Fsp3) is 0.174. The number of nitriles is 1. The highest BCUT2D eigenvalue weighted by atomic mass is 79.9. The fourth-order valence-corrected chi connectivity index (χ4v) is 4.67. The Balaban J connectivity index is 2.43. The van der Waals surface area contributed by atoms with E-state index in [1.54, 1.807) is 36.4 Å². The lowest BCUT2D eigenvalue weighted by molar-refractivity contribution is -0.139. The average molecular weight is 533 g/mol. The third-order valence-electron chi connectivity index (χ3n) is 5.06. The number of benzene rings is 2. The first-order valence-corrected chi connectivity index (χ1v) is 10.7. The number of ether oxygens (including phenoxy) is 3. The van der Waals surface area contributed by atoms with Crippen LogP contribution in [0.15, 0.2) is 69.6 Å². The van der Waals surface area contributed by atoms with Gasteiger partial charge in [-0.25, -0.2) is 9.59 Å². The molecular formula is C23H19BrClN3O5. The van der Waals surface area contributed by atoms with Crippen LogP contribution in [0.1, 0.15) is 11.5 Å². The fourth-order valence-electron chi connectivity index (χ4n) is 3.65. The highest BCUT2D eigenvalue weighted by Gasteiger charge is 2.43. The van der Waals surface area contributed by atoms with Crippen LogP contribution in [0.25, 0.3) is 0 Å². The van der Waals surface area contributed by atoms with Crippen molar-refractivity contribution in [3.63, 3.8) is 0 Å². The number of allylic oxidation sites excluding steroid dienone is 1. The van der Waals surface area contributed by atoms with Crippen molar-refractivity contribution < 1.29 is 23.8 Å². The van der Waals surface area contributed by atoms with Crippen molar-refractivity contribution in [1.82, 2.24) is 0 Å². The maximum atomic E-state index is 13.0. The van der Waals surface area contributed by atoms with Gasteiger partial charge in [0.15, 0.2) is 5.75 Å². The lowest BCUT2D eigenvalue weighted by atomic mass is 9.81. The summed E-state index contributed by atoms with van der Waals surface area (Å²) in [6.07, 6.45) is 0. The summed E-state index contributed by atoms with van der Waals surface area (Å²) in [4.78, 5) is 27.3. The SMILES string of the molecule is COC(=O)C1=C(C(=O)OC)N(c2cc(Cl)c(OC)c(Br)c2)C(N)=C(C#N)C1c1ccccc1. The van der Waals surface area contributed by atoms with Gasteiger partial charge in [0.25, 0.3) is 0 Å². The zero-order valence-corrected chi connectivity index (χ0v) is 20.2. The van der Waals surface area contributed by atoms with E-state index >= 15 is 0 Å². The molecule has 1 unspecified atom stereocenters. The number of carbonyl (C=O) groups excluding carboxylic acids is 2. The second kappa shape index (κ2) is 9.98. The van der Waals surface area contributed by atoms with Crippen LogP contribution in [-0.4, -0.2) is 33.3 Å². The van der Waals surface area contributed by atoms with Crippen molar-refractivity contribution in [2.45, 2.75) is 5.92 Å². The van der Waals surface area contributed by atoms with Gasteiger partial charge in [0.2, 0.25) is 0 Å². The third-order valence-corrected chi connectivity index (χ3v) is 5.93. The molecule has 33 heavy (non-hydrogen) atoms. The predicted molar refractivity (Wildman–Crippen MR) is 125 cm³/mol. The molecule has 0 saturated carbocycles. The van der Waals surface area contributed by atoms with Crippen LogP contribution >= 0.6 is 27.5 Å². The highest BCUT2D eigenvalue weighted by Crippen LogP contribution is 2.45. The van der Waals surface area contributed by atoms with E-state index in [4.69, 9.17) is 31.5 Å². The molecule has 170 valence electrons. The molecule has 0 aliphatic carbocycles. The maximum Gasteiger partial charge on any atom is 0.355 e. The molecule has 1 heterocycles. The number of carbonyl (C=O) groups is 2. The van der Waals surface area contributed by atoms with Gasteiger partial charge < -0.3 is 19.9 Å². The molecular weight excluding hydrogens is 514 g/mol. The Morgan fingerprint density at radius 1 is 1.12 bits per heavy atom. The number of anilines is 1. The molecule has 0 aromatic heterocycles. The summed E-state index contributed by atoms with van der Waals surface area (Å²) in [5, 5.41) is 10.3. The molecule has 0 fully saturated rings. The van der Waals surface area contributed by atoms with Crippen LogP contribution in [0.5, 0.6) is 5.75 Å². The molecule has 1 aliphatic rings. The molecule has 8 nitrogen and oxygen atoms in total. The Morgan fingerprint density at radius 3 is 2.27 bits per heavy atom. The minimum absolute atomic E-state index is 0.0531. The number of nitrogens with two attached hydrogens (primary N) is 1. The van der Waals surface area contributed by atoms with E-state index in [-0.39, 0.29) is 27.7 Å². The van der Waals surface area contributed by atoms with Gasteiger partial charge in [-0.3, -0.25) is 4.90 Å². The quantitative estimate of drug-likeness (QED) is 0.575. The molecule has 2 aromatic carbocycles. The standard InChI is InChI=1S/C23H19BrClN3O5/c1-31-20-15(24)9-13(10-16(20)25)28-19(23(30)33-3)18(22(29)32-2)17(14(11-26)21(28)27)12-7-5-4-6-8-12/h4-10,17H,27H2,1-3H3. The smallest absolute Gasteiger partial charge is 0.355 e. The molecule has 2 aromatic rings. The van der Waals surface area contributed by atoms with Gasteiger partial charge in [0.1, 0.15) is 11.5 Å². The number of rotatable bonds is 5. The third kappa shape index (κ3) is 4.27. The van der Waals surface area contributed by atoms with Gasteiger partial charge in [-0.05, 0) is 33.6 Å². The van der Waals surface area contributed by atoms with Crippen LogP contribution < -0.4 is 15.4 Å². The summed E-state index contributed by atoms with van der Waals surface area (Å²) < 4.78 is 15.7. The molecule has 0 amide bonds. The van der Waals surface area contributed by atoms with Gasteiger partial charge in [-0.1, -0.05) is 41.9 Å². The van der Waals surface area contributed by atoms with Crippen molar-refractivity contribution in [1.29, 1.82) is 5.26 Å². The zero-order valence-electron chi connectivity index (χ0n) is 17.9. The lowest BCUT2D eigenvalue weighted by Crippen LogP contribution is -2.40. The van der Waals surface area contributed by atoms with E-state index in [1.807, 2.05) is 0 Å². The van der Waals surface area contributed by atoms with E-state index in [1.165, 1.54) is 32.3 Å². The van der Waals surface area contributed by atoms with Crippen molar-refractivity contribution >= 4 is 45.2 Å². The lowest BCUT2D eigenvalue weighted by Gasteiger charge is -2.36. The van der Waals surface area contributed by atoms with Gasteiger partial charge in [0.05, 0.1) is 59.6 Å².